The lowest BCUT2D eigenvalue weighted by Crippen LogP contribution is -1.99. The first-order valence-electron chi connectivity index (χ1n) is 5.19. The summed E-state index contributed by atoms with van der Waals surface area (Å²) in [5.74, 6) is -0.992. The van der Waals surface area contributed by atoms with E-state index in [1.165, 1.54) is 11.8 Å². The molecule has 4 nitrogen and oxygen atoms in total. The average Bonchev–Trinajstić information content (AvgIpc) is 2.71. The van der Waals surface area contributed by atoms with Crippen molar-refractivity contribution in [1.82, 2.24) is 9.78 Å². The van der Waals surface area contributed by atoms with Gasteiger partial charge in [0.25, 0.3) is 0 Å². The van der Waals surface area contributed by atoms with Gasteiger partial charge in [-0.15, -0.1) is 0 Å². The highest BCUT2D eigenvalue weighted by atomic mass is 79.9. The van der Waals surface area contributed by atoms with Crippen LogP contribution in [0.3, 0.4) is 0 Å². The van der Waals surface area contributed by atoms with E-state index in [1.807, 2.05) is 24.3 Å². The van der Waals surface area contributed by atoms with Crippen molar-refractivity contribution < 1.29 is 9.90 Å². The number of halogens is 1. The van der Waals surface area contributed by atoms with E-state index >= 15 is 0 Å². The zero-order valence-electron chi connectivity index (χ0n) is 9.22. The van der Waals surface area contributed by atoms with Crippen LogP contribution in [0, 0.1) is 0 Å². The van der Waals surface area contributed by atoms with Gasteiger partial charge in [0.2, 0.25) is 0 Å². The molecule has 0 aliphatic rings. The summed E-state index contributed by atoms with van der Waals surface area (Å²) in [6.07, 6.45) is 2.31. The average molecular weight is 295 g/mol. The summed E-state index contributed by atoms with van der Waals surface area (Å²) in [4.78, 5) is 10.9. The highest BCUT2D eigenvalue weighted by molar-refractivity contribution is 9.10. The van der Waals surface area contributed by atoms with Crippen LogP contribution in [0.1, 0.15) is 22.8 Å². The van der Waals surface area contributed by atoms with Crippen LogP contribution in [0.4, 0.5) is 0 Å². The SMILES string of the molecule is CCc1ccc(-n2ncc(C(=O)O)c2Br)cc1. The minimum Gasteiger partial charge on any atom is -0.478 e. The Balaban J connectivity index is 2.42. The molecule has 0 aliphatic heterocycles. The third-order valence-electron chi connectivity index (χ3n) is 2.53. The first kappa shape index (κ1) is 11.9. The number of hydrogen-bond acceptors (Lipinski definition) is 2. The molecule has 0 aliphatic carbocycles. The maximum absolute atomic E-state index is 10.9. The van der Waals surface area contributed by atoms with Crippen LogP contribution in [-0.4, -0.2) is 20.9 Å². The number of nitrogens with zero attached hydrogens (tertiary/aromatic N) is 2. The Morgan fingerprint density at radius 3 is 2.53 bits per heavy atom. The van der Waals surface area contributed by atoms with E-state index < -0.39 is 5.97 Å². The van der Waals surface area contributed by atoms with Crippen molar-refractivity contribution in [3.63, 3.8) is 0 Å². The van der Waals surface area contributed by atoms with Gasteiger partial charge < -0.3 is 5.11 Å². The van der Waals surface area contributed by atoms with Crippen molar-refractivity contribution in [2.24, 2.45) is 0 Å². The van der Waals surface area contributed by atoms with E-state index in [0.29, 0.717) is 4.60 Å². The molecule has 88 valence electrons. The number of carboxylic acid groups (broad SMARTS) is 1. The molecule has 1 N–H and O–H groups in total. The maximum atomic E-state index is 10.9. The largest absolute Gasteiger partial charge is 0.478 e. The summed E-state index contributed by atoms with van der Waals surface area (Å²) in [6, 6.07) is 7.85. The minimum atomic E-state index is -0.992. The van der Waals surface area contributed by atoms with Gasteiger partial charge in [-0.05, 0) is 40.0 Å². The van der Waals surface area contributed by atoms with Crippen LogP contribution in [0.2, 0.25) is 0 Å². The van der Waals surface area contributed by atoms with Gasteiger partial charge in [-0.3, -0.25) is 0 Å². The Hall–Kier alpha value is -1.62. The van der Waals surface area contributed by atoms with Gasteiger partial charge in [-0.2, -0.15) is 5.10 Å². The molecule has 0 amide bonds. The Kier molecular flexibility index (Phi) is 3.28. The molecule has 1 heterocycles. The molecule has 1 aromatic heterocycles. The highest BCUT2D eigenvalue weighted by Crippen LogP contribution is 2.21. The summed E-state index contributed by atoms with van der Waals surface area (Å²) < 4.78 is 2.01. The lowest BCUT2D eigenvalue weighted by atomic mass is 10.1. The van der Waals surface area contributed by atoms with Gasteiger partial charge in [0.1, 0.15) is 10.2 Å². The third-order valence-corrected chi connectivity index (χ3v) is 3.29. The summed E-state index contributed by atoms with van der Waals surface area (Å²) in [6.45, 7) is 2.08. The van der Waals surface area contributed by atoms with Crippen LogP contribution in [0.25, 0.3) is 5.69 Å². The molecule has 0 unspecified atom stereocenters. The van der Waals surface area contributed by atoms with Crippen molar-refractivity contribution in [1.29, 1.82) is 0 Å². The molecule has 1 aromatic carbocycles. The van der Waals surface area contributed by atoms with Gasteiger partial charge in [0.15, 0.2) is 0 Å². The van der Waals surface area contributed by atoms with Crippen molar-refractivity contribution in [3.05, 3.63) is 46.2 Å². The van der Waals surface area contributed by atoms with Gasteiger partial charge >= 0.3 is 5.97 Å². The number of aromatic carboxylic acids is 1. The molecule has 0 bridgehead atoms. The molecule has 0 saturated carbocycles. The van der Waals surface area contributed by atoms with E-state index in [9.17, 15) is 4.79 Å². The molecule has 2 aromatic rings. The second kappa shape index (κ2) is 4.71. The molecule has 0 saturated heterocycles. The lowest BCUT2D eigenvalue weighted by Gasteiger charge is -2.04. The smallest absolute Gasteiger partial charge is 0.340 e. The lowest BCUT2D eigenvalue weighted by molar-refractivity contribution is 0.0696. The number of carbonyl (C=O) groups is 1. The normalized spacial score (nSPS) is 10.5. The van der Waals surface area contributed by atoms with Crippen LogP contribution < -0.4 is 0 Å². The molecular formula is C12H11BrN2O2. The van der Waals surface area contributed by atoms with Gasteiger partial charge in [-0.25, -0.2) is 9.48 Å². The van der Waals surface area contributed by atoms with Gasteiger partial charge in [0, 0.05) is 0 Å². The number of rotatable bonds is 3. The summed E-state index contributed by atoms with van der Waals surface area (Å²) in [5.41, 5.74) is 2.22. The van der Waals surface area contributed by atoms with Crippen molar-refractivity contribution in [2.75, 3.05) is 0 Å². The van der Waals surface area contributed by atoms with Crippen LogP contribution >= 0.6 is 15.9 Å². The Bertz CT molecular complexity index is 546. The van der Waals surface area contributed by atoms with E-state index in [2.05, 4.69) is 28.0 Å². The first-order chi connectivity index (χ1) is 8.13. The summed E-state index contributed by atoms with van der Waals surface area (Å²) in [5, 5.41) is 13.0. The molecule has 0 spiro atoms. The Morgan fingerprint density at radius 2 is 2.06 bits per heavy atom. The topological polar surface area (TPSA) is 55.1 Å². The zero-order valence-corrected chi connectivity index (χ0v) is 10.8. The fourth-order valence-corrected chi connectivity index (χ4v) is 2.10. The number of hydrogen-bond donors (Lipinski definition) is 1. The Morgan fingerprint density at radius 1 is 1.41 bits per heavy atom. The van der Waals surface area contributed by atoms with E-state index in [0.717, 1.165) is 12.1 Å². The summed E-state index contributed by atoms with van der Waals surface area (Å²) in [7, 11) is 0. The Labute approximate surface area is 107 Å². The van der Waals surface area contributed by atoms with Crippen LogP contribution in [0.5, 0.6) is 0 Å². The molecule has 2 rings (SSSR count). The predicted octanol–water partition coefficient (Wildman–Crippen LogP) is 2.90. The number of aromatic nitrogens is 2. The molecule has 5 heteroatoms. The molecule has 0 fully saturated rings. The maximum Gasteiger partial charge on any atom is 0.340 e. The fourth-order valence-electron chi connectivity index (χ4n) is 1.53. The molecule has 17 heavy (non-hydrogen) atoms. The monoisotopic (exact) mass is 294 g/mol. The second-order valence-corrected chi connectivity index (χ2v) is 4.34. The fraction of sp³-hybridized carbons (Fsp3) is 0.167. The summed E-state index contributed by atoms with van der Waals surface area (Å²) >= 11 is 3.24. The van der Waals surface area contributed by atoms with E-state index in [1.54, 1.807) is 4.68 Å². The molecule has 0 atom stereocenters. The van der Waals surface area contributed by atoms with Gasteiger partial charge in [-0.1, -0.05) is 19.1 Å². The minimum absolute atomic E-state index is 0.157. The van der Waals surface area contributed by atoms with Crippen LogP contribution in [-0.2, 0) is 6.42 Å². The highest BCUT2D eigenvalue weighted by Gasteiger charge is 2.14. The third kappa shape index (κ3) is 2.24. The standard InChI is InChI=1S/C12H11BrN2O2/c1-2-8-3-5-9(6-4-8)15-11(13)10(7-14-15)12(16)17/h3-7H,2H2,1H3,(H,16,17). The quantitative estimate of drug-likeness (QED) is 0.947. The number of carboxylic acids is 1. The van der Waals surface area contributed by atoms with E-state index in [4.69, 9.17) is 5.11 Å². The van der Waals surface area contributed by atoms with Crippen LogP contribution in [0.15, 0.2) is 35.1 Å². The van der Waals surface area contributed by atoms with Crippen molar-refractivity contribution >= 4 is 21.9 Å². The molecular weight excluding hydrogens is 284 g/mol. The number of aryl methyl sites for hydroxylation is 1. The van der Waals surface area contributed by atoms with Crippen molar-refractivity contribution in [3.8, 4) is 5.69 Å². The molecule has 0 radical (unpaired) electrons. The van der Waals surface area contributed by atoms with Crippen molar-refractivity contribution in [2.45, 2.75) is 13.3 Å². The van der Waals surface area contributed by atoms with Gasteiger partial charge in [0.05, 0.1) is 11.9 Å². The predicted molar refractivity (Wildman–Crippen MR) is 67.6 cm³/mol. The second-order valence-electron chi connectivity index (χ2n) is 3.59. The zero-order chi connectivity index (χ0) is 12.4. The van der Waals surface area contributed by atoms with E-state index in [-0.39, 0.29) is 5.56 Å². The first-order valence-corrected chi connectivity index (χ1v) is 5.99. The number of benzene rings is 1.